The Kier molecular flexibility index (Phi) is 8.15. The predicted molar refractivity (Wildman–Crippen MR) is 52.5 cm³/mol. The van der Waals surface area contributed by atoms with Crippen molar-refractivity contribution in [2.24, 2.45) is 5.73 Å². The van der Waals surface area contributed by atoms with Crippen molar-refractivity contribution in [3.63, 3.8) is 0 Å². The fourth-order valence-electron chi connectivity index (χ4n) is 1.24. The topological polar surface area (TPSA) is 116 Å². The average molecular weight is 205 g/mol. The first-order chi connectivity index (χ1) is 6.52. The number of rotatable bonds is 2. The lowest BCUT2D eigenvalue weighted by molar-refractivity contribution is 0.213. The van der Waals surface area contributed by atoms with Crippen molar-refractivity contribution in [3.8, 4) is 0 Å². The second-order valence-electron chi connectivity index (χ2n) is 3.19. The maximum atomic E-state index is 7.74. The molecule has 0 spiro atoms. The molecular formula is C6H17B2NO5. The van der Waals surface area contributed by atoms with Gasteiger partial charge in [0.15, 0.2) is 0 Å². The maximum absolute atomic E-state index is 7.74. The van der Waals surface area contributed by atoms with Crippen LogP contribution in [0.5, 0.6) is 0 Å². The summed E-state index contributed by atoms with van der Waals surface area (Å²) in [4.78, 5) is 0. The Bertz CT molecular complexity index is 125. The van der Waals surface area contributed by atoms with Crippen LogP contribution in [0.2, 0.25) is 0 Å². The predicted octanol–water partition coefficient (Wildman–Crippen LogP) is -1.78. The second-order valence-corrected chi connectivity index (χ2v) is 3.19. The van der Waals surface area contributed by atoms with Crippen molar-refractivity contribution in [2.75, 3.05) is 0 Å². The van der Waals surface area contributed by atoms with Crippen LogP contribution >= 0.6 is 0 Å². The highest BCUT2D eigenvalue weighted by molar-refractivity contribution is 6.48. The molecule has 0 atom stereocenters. The van der Waals surface area contributed by atoms with Crippen molar-refractivity contribution in [1.29, 1.82) is 0 Å². The summed E-state index contributed by atoms with van der Waals surface area (Å²) in [6.07, 6.45) is 6.66. The lowest BCUT2D eigenvalue weighted by Crippen LogP contribution is -2.28. The molecule has 1 saturated carbocycles. The minimum Gasteiger partial charge on any atom is -0.402 e. The summed E-state index contributed by atoms with van der Waals surface area (Å²) >= 11 is 0. The highest BCUT2D eigenvalue weighted by Crippen LogP contribution is 2.14. The van der Waals surface area contributed by atoms with Gasteiger partial charge in [-0.15, -0.1) is 0 Å². The van der Waals surface area contributed by atoms with Crippen LogP contribution in [0.3, 0.4) is 0 Å². The van der Waals surface area contributed by atoms with Gasteiger partial charge in [0.2, 0.25) is 0 Å². The third kappa shape index (κ3) is 9.97. The molecule has 6 nitrogen and oxygen atoms in total. The van der Waals surface area contributed by atoms with Crippen LogP contribution in [-0.4, -0.2) is 40.8 Å². The minimum absolute atomic E-state index is 0.536. The molecule has 0 aliphatic heterocycles. The highest BCUT2D eigenvalue weighted by Gasteiger charge is 2.18. The Balaban J connectivity index is 0.000000241. The largest absolute Gasteiger partial charge is 0.621 e. The van der Waals surface area contributed by atoms with Gasteiger partial charge in [0.1, 0.15) is 0 Å². The van der Waals surface area contributed by atoms with Crippen molar-refractivity contribution in [2.45, 2.75) is 38.1 Å². The molecule has 1 aliphatic rings. The van der Waals surface area contributed by atoms with Gasteiger partial charge in [0.25, 0.3) is 0 Å². The molecule has 0 aromatic carbocycles. The summed E-state index contributed by atoms with van der Waals surface area (Å²) in [6, 6.07) is 0.536. The third-order valence-electron chi connectivity index (χ3n) is 1.89. The van der Waals surface area contributed by atoms with E-state index in [2.05, 4.69) is 4.57 Å². The van der Waals surface area contributed by atoms with E-state index in [4.69, 9.17) is 25.8 Å². The molecule has 0 heterocycles. The Morgan fingerprint density at radius 3 is 1.50 bits per heavy atom. The second kappa shape index (κ2) is 8.22. The van der Waals surface area contributed by atoms with E-state index in [1.54, 1.807) is 0 Å². The molecular weight excluding hydrogens is 188 g/mol. The van der Waals surface area contributed by atoms with E-state index < -0.39 is 14.6 Å². The van der Waals surface area contributed by atoms with E-state index in [0.29, 0.717) is 6.04 Å². The first-order valence-corrected chi connectivity index (χ1v) is 4.65. The van der Waals surface area contributed by atoms with E-state index in [1.807, 2.05) is 0 Å². The first-order valence-electron chi connectivity index (χ1n) is 4.65. The molecule has 0 bridgehead atoms. The van der Waals surface area contributed by atoms with Gasteiger partial charge in [-0.1, -0.05) is 19.3 Å². The summed E-state index contributed by atoms with van der Waals surface area (Å²) in [6.45, 7) is 0. The molecule has 14 heavy (non-hydrogen) atoms. The standard InChI is InChI=1S/C6H13N.B2H4O5/c7-6-4-2-1-3-5-6;3-1(4)7-2(5)6/h6H,1-5,7H2;3-6H. The van der Waals surface area contributed by atoms with Gasteiger partial charge >= 0.3 is 14.6 Å². The molecule has 1 aliphatic carbocycles. The number of hydrogen-bond donors (Lipinski definition) is 5. The SMILES string of the molecule is NC1CCCCC1.OB(O)OB(O)O. The molecule has 82 valence electrons. The van der Waals surface area contributed by atoms with Gasteiger partial charge in [-0.25, -0.2) is 0 Å². The number of hydrogen-bond acceptors (Lipinski definition) is 6. The smallest absolute Gasteiger partial charge is 0.402 e. The van der Waals surface area contributed by atoms with E-state index >= 15 is 0 Å². The summed E-state index contributed by atoms with van der Waals surface area (Å²) in [5.41, 5.74) is 5.63. The lowest BCUT2D eigenvalue weighted by atomic mass is 9.97. The van der Waals surface area contributed by atoms with Crippen molar-refractivity contribution in [1.82, 2.24) is 0 Å². The molecule has 1 fully saturated rings. The first kappa shape index (κ1) is 13.9. The zero-order valence-corrected chi connectivity index (χ0v) is 8.04. The van der Waals surface area contributed by atoms with E-state index in [1.165, 1.54) is 32.1 Å². The Hall–Kier alpha value is -0.110. The zero-order chi connectivity index (χ0) is 11.0. The van der Waals surface area contributed by atoms with Crippen LogP contribution in [-0.2, 0) is 4.57 Å². The molecule has 0 unspecified atom stereocenters. The number of nitrogens with two attached hydrogens (primary N) is 1. The summed E-state index contributed by atoms with van der Waals surface area (Å²) < 4.78 is 3.47. The molecule has 0 aromatic heterocycles. The van der Waals surface area contributed by atoms with Gasteiger partial charge in [-0.05, 0) is 12.8 Å². The zero-order valence-electron chi connectivity index (χ0n) is 8.04. The van der Waals surface area contributed by atoms with Crippen molar-refractivity contribution >= 4 is 14.6 Å². The molecule has 8 heteroatoms. The van der Waals surface area contributed by atoms with E-state index in [-0.39, 0.29) is 0 Å². The molecule has 0 amide bonds. The Morgan fingerprint density at radius 1 is 0.929 bits per heavy atom. The van der Waals surface area contributed by atoms with E-state index in [9.17, 15) is 0 Å². The van der Waals surface area contributed by atoms with Gasteiger partial charge in [0, 0.05) is 6.04 Å². The van der Waals surface area contributed by atoms with Gasteiger partial charge < -0.3 is 30.4 Å². The Labute approximate surface area is 84.0 Å². The van der Waals surface area contributed by atoms with Crippen molar-refractivity contribution < 1.29 is 24.7 Å². The minimum atomic E-state index is -2.13. The summed E-state index contributed by atoms with van der Waals surface area (Å²) in [7, 11) is -4.25. The average Bonchev–Trinajstić information content (AvgIpc) is 2.03. The van der Waals surface area contributed by atoms with Crippen LogP contribution in [0.4, 0.5) is 0 Å². The monoisotopic (exact) mass is 205 g/mol. The van der Waals surface area contributed by atoms with Crippen LogP contribution in [0, 0.1) is 0 Å². The fourth-order valence-corrected chi connectivity index (χ4v) is 1.24. The fraction of sp³-hybridized carbons (Fsp3) is 1.00. The Morgan fingerprint density at radius 2 is 1.36 bits per heavy atom. The molecule has 0 radical (unpaired) electrons. The molecule has 0 aromatic rings. The van der Waals surface area contributed by atoms with Gasteiger partial charge in [-0.3, -0.25) is 0 Å². The van der Waals surface area contributed by atoms with Crippen LogP contribution in [0.15, 0.2) is 0 Å². The van der Waals surface area contributed by atoms with Crippen LogP contribution < -0.4 is 5.73 Å². The summed E-state index contributed by atoms with van der Waals surface area (Å²) in [5.74, 6) is 0. The van der Waals surface area contributed by atoms with Gasteiger partial charge in [0.05, 0.1) is 0 Å². The lowest BCUT2D eigenvalue weighted by Gasteiger charge is -2.15. The quantitative estimate of drug-likeness (QED) is 0.340. The van der Waals surface area contributed by atoms with Crippen molar-refractivity contribution in [3.05, 3.63) is 0 Å². The normalized spacial score (nSPS) is 16.9. The molecule has 1 rings (SSSR count). The summed E-state index contributed by atoms with van der Waals surface area (Å²) in [5, 5.41) is 30.9. The molecule has 6 N–H and O–H groups in total. The highest BCUT2D eigenvalue weighted by atomic mass is 16.7. The van der Waals surface area contributed by atoms with Crippen LogP contribution in [0.1, 0.15) is 32.1 Å². The molecule has 0 saturated heterocycles. The van der Waals surface area contributed by atoms with Gasteiger partial charge in [-0.2, -0.15) is 0 Å². The maximum Gasteiger partial charge on any atom is 0.621 e. The van der Waals surface area contributed by atoms with E-state index in [0.717, 1.165) is 0 Å². The third-order valence-corrected chi connectivity index (χ3v) is 1.89. The van der Waals surface area contributed by atoms with Crippen LogP contribution in [0.25, 0.3) is 0 Å².